The number of carbonyl (C=O) groups is 1. The van der Waals surface area contributed by atoms with Crippen LogP contribution in [0.25, 0.3) is 0 Å². The highest BCUT2D eigenvalue weighted by atomic mass is 16.6. The predicted octanol–water partition coefficient (Wildman–Crippen LogP) is 1.35. The highest BCUT2D eigenvalue weighted by molar-refractivity contribution is 6.44. The number of carboxylic acid groups (broad SMARTS) is 1. The average Bonchev–Trinajstić information content (AvgIpc) is 2.38. The second-order valence-electron chi connectivity index (χ2n) is 4.16. The number of unbranched alkanes of at least 4 members (excludes halogenated alkanes) is 1. The van der Waals surface area contributed by atoms with Gasteiger partial charge in [-0.25, -0.2) is 4.79 Å². The van der Waals surface area contributed by atoms with Gasteiger partial charge in [0.25, 0.3) is 0 Å². The third-order valence-electron chi connectivity index (χ3n) is 2.69. The van der Waals surface area contributed by atoms with Crippen molar-refractivity contribution in [3.05, 3.63) is 17.7 Å². The van der Waals surface area contributed by atoms with E-state index in [2.05, 4.69) is 0 Å². The number of rotatable bonds is 5. The van der Waals surface area contributed by atoms with Gasteiger partial charge >= 0.3 is 13.1 Å². The number of aromatic carboxylic acids is 1. The lowest BCUT2D eigenvalue weighted by Crippen LogP contribution is -2.34. The molecule has 1 heterocycles. The fourth-order valence-corrected chi connectivity index (χ4v) is 1.76. The molecule has 0 fully saturated rings. The first-order valence-electron chi connectivity index (χ1n) is 6.14. The van der Waals surface area contributed by atoms with E-state index in [4.69, 9.17) is 14.1 Å². The second-order valence-corrected chi connectivity index (χ2v) is 4.16. The van der Waals surface area contributed by atoms with Crippen LogP contribution in [0, 0.1) is 0 Å². The first-order chi connectivity index (χ1) is 9.13. The molecular formula is C12H15BO6. The molecule has 2 N–H and O–H groups in total. The SMILES string of the molecule is CCCCOc1ccc2c(c1C(=O)O)OB(O)CO2. The maximum Gasteiger partial charge on any atom is 0.563 e. The molecule has 0 bridgehead atoms. The van der Waals surface area contributed by atoms with Crippen LogP contribution in [0.15, 0.2) is 12.1 Å². The molecule has 1 aliphatic heterocycles. The number of fused-ring (bicyclic) bond motifs is 1. The lowest BCUT2D eigenvalue weighted by atomic mass is 9.91. The number of hydrogen-bond donors (Lipinski definition) is 2. The largest absolute Gasteiger partial charge is 0.563 e. The molecule has 0 spiro atoms. The van der Waals surface area contributed by atoms with Crippen molar-refractivity contribution >= 4 is 13.1 Å². The van der Waals surface area contributed by atoms with Crippen LogP contribution in [0.5, 0.6) is 17.2 Å². The van der Waals surface area contributed by atoms with Crippen molar-refractivity contribution in [2.24, 2.45) is 0 Å². The van der Waals surface area contributed by atoms with Crippen molar-refractivity contribution in [1.29, 1.82) is 0 Å². The predicted molar refractivity (Wildman–Crippen MR) is 67.9 cm³/mol. The van der Waals surface area contributed by atoms with E-state index in [1.165, 1.54) is 0 Å². The van der Waals surface area contributed by atoms with E-state index in [1.54, 1.807) is 12.1 Å². The molecule has 102 valence electrons. The van der Waals surface area contributed by atoms with E-state index >= 15 is 0 Å². The number of carboxylic acids is 1. The van der Waals surface area contributed by atoms with Crippen LogP contribution in [-0.2, 0) is 0 Å². The van der Waals surface area contributed by atoms with Crippen LogP contribution in [0.2, 0.25) is 0 Å². The maximum atomic E-state index is 11.3. The van der Waals surface area contributed by atoms with Crippen molar-refractivity contribution in [2.75, 3.05) is 13.1 Å². The van der Waals surface area contributed by atoms with Crippen LogP contribution in [0.4, 0.5) is 0 Å². The second kappa shape index (κ2) is 5.84. The van der Waals surface area contributed by atoms with Gasteiger partial charge in [0.05, 0.1) is 6.61 Å². The third kappa shape index (κ3) is 2.93. The van der Waals surface area contributed by atoms with Crippen LogP contribution in [-0.4, -0.2) is 36.3 Å². The molecule has 0 amide bonds. The number of ether oxygens (including phenoxy) is 2. The number of hydrogen-bond acceptors (Lipinski definition) is 5. The Labute approximate surface area is 111 Å². The van der Waals surface area contributed by atoms with Crippen molar-refractivity contribution in [3.63, 3.8) is 0 Å². The standard InChI is InChI=1S/C12H15BO6/c1-2-3-6-17-8-4-5-9-11(10(8)12(14)15)19-13(16)7-18-9/h4-5,16H,2-3,6-7H2,1H3,(H,14,15). The van der Waals surface area contributed by atoms with Gasteiger partial charge < -0.3 is 24.3 Å². The van der Waals surface area contributed by atoms with Crippen molar-refractivity contribution in [1.82, 2.24) is 0 Å². The normalized spacial score (nSPS) is 13.3. The molecule has 0 atom stereocenters. The summed E-state index contributed by atoms with van der Waals surface area (Å²) in [5.41, 5.74) is -0.118. The molecule has 0 radical (unpaired) electrons. The summed E-state index contributed by atoms with van der Waals surface area (Å²) in [4.78, 5) is 11.3. The Morgan fingerprint density at radius 3 is 3.00 bits per heavy atom. The van der Waals surface area contributed by atoms with Gasteiger partial charge in [-0.15, -0.1) is 0 Å². The topological polar surface area (TPSA) is 85.2 Å². The summed E-state index contributed by atoms with van der Waals surface area (Å²) in [7, 11) is -1.17. The van der Waals surface area contributed by atoms with Gasteiger partial charge in [0, 0.05) is 0 Å². The van der Waals surface area contributed by atoms with Crippen LogP contribution in [0.3, 0.4) is 0 Å². The minimum Gasteiger partial charge on any atom is -0.531 e. The van der Waals surface area contributed by atoms with E-state index < -0.39 is 13.1 Å². The van der Waals surface area contributed by atoms with Gasteiger partial charge in [0.2, 0.25) is 0 Å². The molecule has 1 aromatic carbocycles. The Balaban J connectivity index is 2.33. The number of benzene rings is 1. The van der Waals surface area contributed by atoms with Gasteiger partial charge in [0.1, 0.15) is 17.8 Å². The fourth-order valence-electron chi connectivity index (χ4n) is 1.76. The summed E-state index contributed by atoms with van der Waals surface area (Å²) < 4.78 is 15.8. The minimum absolute atomic E-state index is 0.0141. The Bertz CT molecular complexity index is 476. The quantitative estimate of drug-likeness (QED) is 0.618. The minimum atomic E-state index is -1.18. The van der Waals surface area contributed by atoms with Gasteiger partial charge in [0.15, 0.2) is 11.5 Å². The highest BCUT2D eigenvalue weighted by Crippen LogP contribution is 2.39. The summed E-state index contributed by atoms with van der Waals surface area (Å²) in [5.74, 6) is -0.649. The monoisotopic (exact) mass is 266 g/mol. The zero-order valence-corrected chi connectivity index (χ0v) is 10.6. The first-order valence-corrected chi connectivity index (χ1v) is 6.14. The van der Waals surface area contributed by atoms with Crippen LogP contribution >= 0.6 is 0 Å². The maximum absolute atomic E-state index is 11.3. The molecule has 0 aliphatic carbocycles. The van der Waals surface area contributed by atoms with Crippen molar-refractivity contribution in [2.45, 2.75) is 19.8 Å². The molecular weight excluding hydrogens is 251 g/mol. The Morgan fingerprint density at radius 1 is 1.53 bits per heavy atom. The Morgan fingerprint density at radius 2 is 2.32 bits per heavy atom. The lowest BCUT2D eigenvalue weighted by molar-refractivity contribution is 0.0688. The fraction of sp³-hybridized carbons (Fsp3) is 0.417. The molecule has 0 saturated carbocycles. The van der Waals surface area contributed by atoms with E-state index in [-0.39, 0.29) is 23.6 Å². The molecule has 0 saturated heterocycles. The average molecular weight is 266 g/mol. The zero-order chi connectivity index (χ0) is 13.8. The lowest BCUT2D eigenvalue weighted by Gasteiger charge is -2.23. The molecule has 0 aromatic heterocycles. The van der Waals surface area contributed by atoms with Crippen LogP contribution in [0.1, 0.15) is 30.1 Å². The summed E-state index contributed by atoms with van der Waals surface area (Å²) >= 11 is 0. The van der Waals surface area contributed by atoms with E-state index in [1.807, 2.05) is 6.92 Å². The van der Waals surface area contributed by atoms with Gasteiger partial charge in [-0.2, -0.15) is 0 Å². The molecule has 19 heavy (non-hydrogen) atoms. The Hall–Kier alpha value is -1.89. The van der Waals surface area contributed by atoms with Gasteiger partial charge in [-0.1, -0.05) is 13.3 Å². The molecule has 6 nitrogen and oxygen atoms in total. The molecule has 7 heteroatoms. The summed E-state index contributed by atoms with van der Waals surface area (Å²) in [6.07, 6.45) is 1.78. The van der Waals surface area contributed by atoms with E-state index in [9.17, 15) is 14.9 Å². The molecule has 1 aromatic rings. The van der Waals surface area contributed by atoms with Gasteiger partial charge in [-0.05, 0) is 18.6 Å². The van der Waals surface area contributed by atoms with Crippen molar-refractivity contribution in [3.8, 4) is 17.2 Å². The molecule has 0 unspecified atom stereocenters. The summed E-state index contributed by atoms with van der Waals surface area (Å²) in [5, 5.41) is 18.7. The van der Waals surface area contributed by atoms with E-state index in [0.717, 1.165) is 12.8 Å². The highest BCUT2D eigenvalue weighted by Gasteiger charge is 2.31. The van der Waals surface area contributed by atoms with Gasteiger partial charge in [-0.3, -0.25) is 0 Å². The smallest absolute Gasteiger partial charge is 0.531 e. The summed E-state index contributed by atoms with van der Waals surface area (Å²) in [6.45, 7) is 2.42. The van der Waals surface area contributed by atoms with Crippen molar-refractivity contribution < 1.29 is 29.1 Å². The third-order valence-corrected chi connectivity index (χ3v) is 2.69. The van der Waals surface area contributed by atoms with E-state index in [0.29, 0.717) is 12.4 Å². The first kappa shape index (κ1) is 13.5. The zero-order valence-electron chi connectivity index (χ0n) is 10.6. The molecule has 2 rings (SSSR count). The Kier molecular flexibility index (Phi) is 4.16. The molecule has 1 aliphatic rings. The summed E-state index contributed by atoms with van der Waals surface area (Å²) in [6, 6.07) is 3.12. The van der Waals surface area contributed by atoms with Crippen LogP contribution < -0.4 is 14.1 Å².